The molecule has 0 amide bonds. The Morgan fingerprint density at radius 3 is 2.94 bits per heavy atom. The number of nitro benzene ring substituents is 1. The first kappa shape index (κ1) is 11.9. The van der Waals surface area contributed by atoms with E-state index >= 15 is 0 Å². The molecule has 1 heterocycles. The van der Waals surface area contributed by atoms with Crippen LogP contribution in [-0.4, -0.2) is 23.2 Å². The first-order chi connectivity index (χ1) is 7.99. The van der Waals surface area contributed by atoms with Crippen molar-refractivity contribution in [1.82, 2.24) is 0 Å². The minimum Gasteiger partial charge on any atom is -0.375 e. The van der Waals surface area contributed by atoms with Gasteiger partial charge in [-0.1, -0.05) is 11.6 Å². The number of halogens is 1. The van der Waals surface area contributed by atoms with Gasteiger partial charge in [-0.05, 0) is 19.9 Å². The van der Waals surface area contributed by atoms with E-state index in [1.54, 1.807) is 6.07 Å². The van der Waals surface area contributed by atoms with Crippen LogP contribution in [0.15, 0.2) is 17.1 Å². The van der Waals surface area contributed by atoms with Crippen LogP contribution in [0.25, 0.3) is 0 Å². The topological polar surface area (TPSA) is 67.5 Å². The highest BCUT2D eigenvalue weighted by Gasteiger charge is 2.23. The summed E-state index contributed by atoms with van der Waals surface area (Å²) in [5.41, 5.74) is 1.97. The molecule has 0 saturated carbocycles. The molecule has 1 aromatic rings. The molecule has 6 heteroatoms. The maximum absolute atomic E-state index is 11.0. The zero-order valence-electron chi connectivity index (χ0n) is 9.53. The zero-order valence-corrected chi connectivity index (χ0v) is 10.3. The van der Waals surface area contributed by atoms with E-state index in [0.29, 0.717) is 22.8 Å². The van der Waals surface area contributed by atoms with Crippen molar-refractivity contribution in [2.24, 2.45) is 4.99 Å². The Morgan fingerprint density at radius 1 is 1.59 bits per heavy atom. The summed E-state index contributed by atoms with van der Waals surface area (Å²) in [6.07, 6.45) is 0. The van der Waals surface area contributed by atoms with Crippen molar-refractivity contribution >= 4 is 28.7 Å². The second-order valence-electron chi connectivity index (χ2n) is 4.08. The van der Waals surface area contributed by atoms with Crippen molar-refractivity contribution in [3.63, 3.8) is 0 Å². The number of nitro groups is 1. The summed E-state index contributed by atoms with van der Waals surface area (Å²) in [4.78, 5) is 15.0. The van der Waals surface area contributed by atoms with Gasteiger partial charge < -0.3 is 5.32 Å². The molecule has 90 valence electrons. The van der Waals surface area contributed by atoms with Gasteiger partial charge in [-0.25, -0.2) is 0 Å². The lowest BCUT2D eigenvalue weighted by atomic mass is 10.1. The minimum atomic E-state index is -0.428. The highest BCUT2D eigenvalue weighted by molar-refractivity contribution is 6.31. The summed E-state index contributed by atoms with van der Waals surface area (Å²) in [6, 6.07) is 3.12. The number of hydrogen-bond donors (Lipinski definition) is 1. The van der Waals surface area contributed by atoms with Crippen molar-refractivity contribution in [1.29, 1.82) is 0 Å². The lowest BCUT2D eigenvalue weighted by Crippen LogP contribution is -2.18. The molecule has 1 atom stereocenters. The highest BCUT2D eigenvalue weighted by Crippen LogP contribution is 2.34. The molecule has 17 heavy (non-hydrogen) atoms. The fourth-order valence-electron chi connectivity index (χ4n) is 1.82. The molecular formula is C11H12ClN3O2. The summed E-state index contributed by atoms with van der Waals surface area (Å²) >= 11 is 5.89. The SMILES string of the molecule is CC1=NC[C@@H](C)Nc2c1cc(Cl)cc2[N+](=O)[O-]. The second kappa shape index (κ2) is 4.33. The van der Waals surface area contributed by atoms with Crippen molar-refractivity contribution < 1.29 is 4.92 Å². The molecule has 1 aromatic carbocycles. The van der Waals surface area contributed by atoms with Crippen molar-refractivity contribution in [2.75, 3.05) is 11.9 Å². The van der Waals surface area contributed by atoms with Crippen molar-refractivity contribution in [2.45, 2.75) is 19.9 Å². The third-order valence-electron chi connectivity index (χ3n) is 2.66. The van der Waals surface area contributed by atoms with Gasteiger partial charge in [-0.3, -0.25) is 15.1 Å². The number of benzodiazepines with no additional fused rings is 1. The molecule has 0 aromatic heterocycles. The molecular weight excluding hydrogens is 242 g/mol. The van der Waals surface area contributed by atoms with Crippen LogP contribution in [0.3, 0.4) is 0 Å². The van der Waals surface area contributed by atoms with Crippen LogP contribution in [0.4, 0.5) is 11.4 Å². The van der Waals surface area contributed by atoms with Crippen molar-refractivity contribution in [3.8, 4) is 0 Å². The monoisotopic (exact) mass is 253 g/mol. The lowest BCUT2D eigenvalue weighted by molar-refractivity contribution is -0.384. The summed E-state index contributed by atoms with van der Waals surface area (Å²) in [6.45, 7) is 4.36. The maximum Gasteiger partial charge on any atom is 0.294 e. The predicted octanol–water partition coefficient (Wildman–Crippen LogP) is 2.87. The molecule has 0 saturated heterocycles. The number of fused-ring (bicyclic) bond motifs is 1. The third kappa shape index (κ3) is 2.24. The molecule has 0 spiro atoms. The van der Waals surface area contributed by atoms with E-state index in [9.17, 15) is 10.1 Å². The van der Waals surface area contributed by atoms with E-state index < -0.39 is 4.92 Å². The molecule has 0 unspecified atom stereocenters. The van der Waals surface area contributed by atoms with E-state index in [-0.39, 0.29) is 11.7 Å². The Balaban J connectivity index is 2.68. The van der Waals surface area contributed by atoms with Crippen LogP contribution in [0, 0.1) is 10.1 Å². The molecule has 2 rings (SSSR count). The van der Waals surface area contributed by atoms with Crippen LogP contribution in [0.1, 0.15) is 19.4 Å². The Kier molecular flexibility index (Phi) is 3.02. The fraction of sp³-hybridized carbons (Fsp3) is 0.364. The van der Waals surface area contributed by atoms with Gasteiger partial charge in [-0.15, -0.1) is 0 Å². The second-order valence-corrected chi connectivity index (χ2v) is 4.51. The number of hydrogen-bond acceptors (Lipinski definition) is 4. The predicted molar refractivity (Wildman–Crippen MR) is 68.3 cm³/mol. The molecule has 0 radical (unpaired) electrons. The lowest BCUT2D eigenvalue weighted by Gasteiger charge is -2.13. The number of benzene rings is 1. The smallest absolute Gasteiger partial charge is 0.294 e. The number of nitrogens with zero attached hydrogens (tertiary/aromatic N) is 2. The largest absolute Gasteiger partial charge is 0.375 e. The van der Waals surface area contributed by atoms with Crippen LogP contribution in [-0.2, 0) is 0 Å². The molecule has 0 fully saturated rings. The van der Waals surface area contributed by atoms with Gasteiger partial charge in [0, 0.05) is 28.4 Å². The van der Waals surface area contributed by atoms with Gasteiger partial charge in [0.15, 0.2) is 0 Å². The Morgan fingerprint density at radius 2 is 2.29 bits per heavy atom. The van der Waals surface area contributed by atoms with Crippen LogP contribution >= 0.6 is 11.6 Å². The number of aliphatic imine (C=N–C) groups is 1. The summed E-state index contributed by atoms with van der Waals surface area (Å²) < 4.78 is 0. The van der Waals surface area contributed by atoms with Gasteiger partial charge in [0.1, 0.15) is 5.69 Å². The minimum absolute atomic E-state index is 0.00389. The Labute approximate surface area is 104 Å². The highest BCUT2D eigenvalue weighted by atomic mass is 35.5. The maximum atomic E-state index is 11.0. The van der Waals surface area contributed by atoms with Gasteiger partial charge in [0.2, 0.25) is 0 Å². The first-order valence-corrected chi connectivity index (χ1v) is 5.62. The van der Waals surface area contributed by atoms with Crippen LogP contribution in [0.2, 0.25) is 5.02 Å². The third-order valence-corrected chi connectivity index (χ3v) is 2.88. The number of anilines is 1. The van der Waals surface area contributed by atoms with Crippen LogP contribution in [0.5, 0.6) is 0 Å². The molecule has 1 aliphatic heterocycles. The average molecular weight is 254 g/mol. The summed E-state index contributed by atoms with van der Waals surface area (Å²) in [5, 5.41) is 14.5. The van der Waals surface area contributed by atoms with E-state index in [2.05, 4.69) is 10.3 Å². The van der Waals surface area contributed by atoms with Crippen LogP contribution < -0.4 is 5.32 Å². The molecule has 0 bridgehead atoms. The van der Waals surface area contributed by atoms with E-state index in [1.165, 1.54) is 6.07 Å². The van der Waals surface area contributed by atoms with E-state index in [4.69, 9.17) is 11.6 Å². The van der Waals surface area contributed by atoms with E-state index in [0.717, 1.165) is 5.71 Å². The number of rotatable bonds is 1. The fourth-order valence-corrected chi connectivity index (χ4v) is 2.04. The van der Waals surface area contributed by atoms with Gasteiger partial charge in [0.25, 0.3) is 5.69 Å². The standard InChI is InChI=1S/C11H12ClN3O2/c1-6-5-13-7(2)9-3-8(12)4-10(15(16)17)11(9)14-6/h3-4,6,14H,5H2,1-2H3/t6-/m1/s1. The molecule has 1 N–H and O–H groups in total. The zero-order chi connectivity index (χ0) is 12.6. The average Bonchev–Trinajstić information content (AvgIpc) is 2.39. The molecule has 1 aliphatic rings. The van der Waals surface area contributed by atoms with E-state index in [1.807, 2.05) is 13.8 Å². The first-order valence-electron chi connectivity index (χ1n) is 5.25. The quantitative estimate of drug-likeness (QED) is 0.618. The van der Waals surface area contributed by atoms with Crippen molar-refractivity contribution in [3.05, 3.63) is 32.8 Å². The Hall–Kier alpha value is -1.62. The van der Waals surface area contributed by atoms with Gasteiger partial charge in [-0.2, -0.15) is 0 Å². The summed E-state index contributed by atoms with van der Waals surface area (Å²) in [5.74, 6) is 0. The van der Waals surface area contributed by atoms with Gasteiger partial charge >= 0.3 is 0 Å². The Bertz CT molecular complexity index is 514. The number of nitrogens with one attached hydrogen (secondary N) is 1. The molecule has 5 nitrogen and oxygen atoms in total. The van der Waals surface area contributed by atoms with Gasteiger partial charge in [0.05, 0.1) is 11.5 Å². The molecule has 0 aliphatic carbocycles. The summed E-state index contributed by atoms with van der Waals surface area (Å²) in [7, 11) is 0. The normalized spacial score (nSPS) is 18.8.